The lowest BCUT2D eigenvalue weighted by atomic mass is 9.52. The highest BCUT2D eigenvalue weighted by molar-refractivity contribution is 5.88. The quantitative estimate of drug-likeness (QED) is 0.455. The molecule has 218 valence electrons. The number of hydrogen-bond donors (Lipinski definition) is 3. The molecular weight excluding hydrogens is 506 g/mol. The molecule has 0 aromatic carbocycles. The second kappa shape index (κ2) is 7.45. The molecule has 4 aliphatic carbocycles. The van der Waals surface area contributed by atoms with E-state index in [4.69, 9.17) is 23.7 Å². The van der Waals surface area contributed by atoms with Crippen molar-refractivity contribution in [3.05, 3.63) is 24.0 Å². The zero-order valence-electron chi connectivity index (χ0n) is 24.4. The molecule has 0 amide bonds. The van der Waals surface area contributed by atoms with Gasteiger partial charge in [0.25, 0.3) is 0 Å². The summed E-state index contributed by atoms with van der Waals surface area (Å²) >= 11 is 0. The Labute approximate surface area is 229 Å². The van der Waals surface area contributed by atoms with Crippen molar-refractivity contribution in [3.8, 4) is 0 Å². The van der Waals surface area contributed by atoms with E-state index in [0.29, 0.717) is 12.8 Å². The third-order valence-electron chi connectivity index (χ3n) is 12.4. The molecule has 11 atom stereocenters. The van der Waals surface area contributed by atoms with Gasteiger partial charge in [-0.15, -0.1) is 0 Å². The van der Waals surface area contributed by atoms with Gasteiger partial charge in [0.05, 0.1) is 11.5 Å². The van der Waals surface area contributed by atoms with Crippen molar-refractivity contribution in [2.24, 2.45) is 29.7 Å². The van der Waals surface area contributed by atoms with Gasteiger partial charge in [-0.3, -0.25) is 0 Å². The van der Waals surface area contributed by atoms with Crippen LogP contribution in [-0.2, 0) is 30.7 Å². The van der Waals surface area contributed by atoms with Gasteiger partial charge in [0.15, 0.2) is 17.5 Å². The summed E-state index contributed by atoms with van der Waals surface area (Å²) in [5.74, 6) is -2.88. The predicted octanol–water partition coefficient (Wildman–Crippen LogP) is 1.79. The van der Waals surface area contributed by atoms with Crippen molar-refractivity contribution in [1.29, 1.82) is 0 Å². The fourth-order valence-electron chi connectivity index (χ4n) is 10.9. The average Bonchev–Trinajstić information content (AvgIpc) is 3.43. The van der Waals surface area contributed by atoms with Crippen LogP contribution in [0.25, 0.3) is 0 Å². The van der Waals surface area contributed by atoms with Gasteiger partial charge in [0.2, 0.25) is 0 Å². The Bertz CT molecular complexity index is 1230. The molecule has 1 aromatic heterocycles. The highest BCUT2D eigenvalue weighted by Crippen LogP contribution is 2.91. The van der Waals surface area contributed by atoms with Crippen molar-refractivity contribution in [3.63, 3.8) is 0 Å². The second-order valence-electron chi connectivity index (χ2n) is 13.4. The standard InChI is InChI=1S/C29H43NO9/c1-16(2)26(33)21(38-20(31)18-11-10-14-30(18)6)28(37-9)22(4)15-25(36-8)23(26,5)29(28,34)27(39-25)19(35-7)17(3)12-13-24(22,27)32/h10-11,14,16-17,19,21,32-34H,12-13,15H2,1-9H3/t17-,19+,21+,22-,23+,24-,25-,26+,27+,28+,29-/m0/s1. The van der Waals surface area contributed by atoms with Crippen molar-refractivity contribution in [2.75, 3.05) is 21.3 Å². The van der Waals surface area contributed by atoms with Crippen LogP contribution in [-0.4, -0.2) is 93.2 Å². The Morgan fingerprint density at radius 3 is 2.33 bits per heavy atom. The van der Waals surface area contributed by atoms with E-state index in [9.17, 15) is 20.1 Å². The zero-order valence-corrected chi connectivity index (χ0v) is 24.4. The first-order valence-corrected chi connectivity index (χ1v) is 13.9. The van der Waals surface area contributed by atoms with Crippen molar-refractivity contribution in [2.45, 2.75) is 99.9 Å². The molecule has 2 saturated heterocycles. The topological polar surface area (TPSA) is 129 Å². The van der Waals surface area contributed by atoms with Gasteiger partial charge in [0, 0.05) is 46.4 Å². The van der Waals surface area contributed by atoms with Crippen molar-refractivity contribution < 1.29 is 43.8 Å². The number of methoxy groups -OCH3 is 3. The Morgan fingerprint density at radius 2 is 1.82 bits per heavy atom. The van der Waals surface area contributed by atoms with Gasteiger partial charge in [-0.1, -0.05) is 27.7 Å². The zero-order chi connectivity index (χ0) is 28.8. The first kappa shape index (κ1) is 27.6. The fraction of sp³-hybridized carbons (Fsp3) is 0.828. The molecule has 7 rings (SSSR count). The van der Waals surface area contributed by atoms with E-state index < -0.39 is 68.7 Å². The average molecular weight is 550 g/mol. The first-order valence-electron chi connectivity index (χ1n) is 13.9. The molecule has 6 aliphatic rings. The number of aryl methyl sites for hydroxylation is 1. The maximum absolute atomic E-state index is 13.8. The molecular formula is C29H43NO9. The van der Waals surface area contributed by atoms with Gasteiger partial charge in [0.1, 0.15) is 28.1 Å². The van der Waals surface area contributed by atoms with E-state index in [1.54, 1.807) is 44.0 Å². The minimum absolute atomic E-state index is 0.0967. The normalized spacial score (nSPS) is 54.9. The number of esters is 1. The molecule has 6 bridgehead atoms. The number of aromatic nitrogens is 1. The number of rotatable bonds is 6. The van der Waals surface area contributed by atoms with Crippen LogP contribution < -0.4 is 0 Å². The first-order chi connectivity index (χ1) is 18.1. The molecule has 39 heavy (non-hydrogen) atoms. The predicted molar refractivity (Wildman–Crippen MR) is 138 cm³/mol. The van der Waals surface area contributed by atoms with E-state index in [2.05, 4.69) is 0 Å². The van der Waals surface area contributed by atoms with E-state index >= 15 is 0 Å². The van der Waals surface area contributed by atoms with Gasteiger partial charge in [-0.05, 0) is 43.7 Å². The van der Waals surface area contributed by atoms with Gasteiger partial charge >= 0.3 is 5.97 Å². The Kier molecular flexibility index (Phi) is 5.28. The van der Waals surface area contributed by atoms with Crippen LogP contribution in [0.2, 0.25) is 0 Å². The Balaban J connectivity index is 1.73. The Morgan fingerprint density at radius 1 is 1.15 bits per heavy atom. The van der Waals surface area contributed by atoms with Crippen LogP contribution in [0.1, 0.15) is 64.4 Å². The number of ether oxygens (including phenoxy) is 5. The summed E-state index contributed by atoms with van der Waals surface area (Å²) in [7, 11) is 6.21. The molecule has 4 saturated carbocycles. The smallest absolute Gasteiger partial charge is 0.355 e. The maximum atomic E-state index is 13.8. The largest absolute Gasteiger partial charge is 0.451 e. The molecule has 2 aliphatic heterocycles. The summed E-state index contributed by atoms with van der Waals surface area (Å²) in [5.41, 5.74) is -11.8. The van der Waals surface area contributed by atoms with Crippen LogP contribution >= 0.6 is 0 Å². The SMILES string of the molecule is CO[C@@H]1[C@@H](C)CC[C@]2(O)[C@]3(C)C[C@]4(OC)O[C@]12[C@]1(O)[C@@]3(OC)[C@H](OC(=O)c2cccn2C)[C@](O)(C(C)C)[C@@]41C. The van der Waals surface area contributed by atoms with E-state index in [0.717, 1.165) is 0 Å². The molecule has 0 unspecified atom stereocenters. The Hall–Kier alpha value is -1.53. The summed E-state index contributed by atoms with van der Waals surface area (Å²) in [5, 5.41) is 39.6. The summed E-state index contributed by atoms with van der Waals surface area (Å²) in [6.07, 6.45) is 0.579. The summed E-state index contributed by atoms with van der Waals surface area (Å²) in [4.78, 5) is 13.8. The summed E-state index contributed by atoms with van der Waals surface area (Å²) in [6.45, 7) is 9.21. The number of aliphatic hydroxyl groups is 3. The van der Waals surface area contributed by atoms with Crippen LogP contribution in [0.3, 0.4) is 0 Å². The minimum atomic E-state index is -2.10. The molecule has 10 nitrogen and oxygen atoms in total. The summed E-state index contributed by atoms with van der Waals surface area (Å²) < 4.78 is 33.7. The third-order valence-corrected chi connectivity index (χ3v) is 12.4. The highest BCUT2D eigenvalue weighted by Gasteiger charge is 3.11. The monoisotopic (exact) mass is 549 g/mol. The van der Waals surface area contributed by atoms with Crippen molar-refractivity contribution in [1.82, 2.24) is 4.57 Å². The number of carbonyl (C=O) groups excluding carboxylic acids is 1. The lowest BCUT2D eigenvalue weighted by Crippen LogP contribution is -2.75. The molecule has 10 heteroatoms. The van der Waals surface area contributed by atoms with E-state index in [1.165, 1.54) is 14.2 Å². The molecule has 6 fully saturated rings. The number of carbonyl (C=O) groups is 1. The lowest BCUT2D eigenvalue weighted by Gasteiger charge is -2.62. The number of hydrogen-bond acceptors (Lipinski definition) is 9. The molecule has 1 aromatic rings. The lowest BCUT2D eigenvalue weighted by molar-refractivity contribution is -0.397. The van der Waals surface area contributed by atoms with Crippen LogP contribution in [0.5, 0.6) is 0 Å². The van der Waals surface area contributed by atoms with Crippen LogP contribution in [0.4, 0.5) is 0 Å². The fourth-order valence-corrected chi connectivity index (χ4v) is 10.9. The molecule has 0 radical (unpaired) electrons. The minimum Gasteiger partial charge on any atom is -0.451 e. The highest BCUT2D eigenvalue weighted by atomic mass is 16.7. The van der Waals surface area contributed by atoms with Crippen molar-refractivity contribution >= 4 is 5.97 Å². The molecule has 3 heterocycles. The maximum Gasteiger partial charge on any atom is 0.355 e. The second-order valence-corrected chi connectivity index (χ2v) is 13.4. The number of nitrogens with zero attached hydrogens (tertiary/aromatic N) is 1. The third kappa shape index (κ3) is 2.13. The van der Waals surface area contributed by atoms with Gasteiger partial charge < -0.3 is 43.6 Å². The van der Waals surface area contributed by atoms with Crippen LogP contribution in [0.15, 0.2) is 18.3 Å². The van der Waals surface area contributed by atoms with Gasteiger partial charge in [-0.25, -0.2) is 4.79 Å². The molecule has 3 N–H and O–H groups in total. The van der Waals surface area contributed by atoms with E-state index in [-0.39, 0.29) is 18.0 Å². The summed E-state index contributed by atoms with van der Waals surface area (Å²) in [6, 6.07) is 3.36. The van der Waals surface area contributed by atoms with E-state index in [1.807, 2.05) is 27.7 Å². The van der Waals surface area contributed by atoms with Crippen LogP contribution in [0, 0.1) is 22.7 Å². The molecule has 1 spiro atoms. The van der Waals surface area contributed by atoms with Gasteiger partial charge in [-0.2, -0.15) is 0 Å².